The Hall–Kier alpha value is -2.48. The molecule has 0 spiro atoms. The number of nitrogens with one attached hydrogen (secondary N) is 6. The zero-order valence-corrected chi connectivity index (χ0v) is 101. The number of nitrogens with two attached hydrogens (primary N) is 2. The second-order valence-electron chi connectivity index (χ2n) is 34.4. The summed E-state index contributed by atoms with van der Waals surface area (Å²) >= 11 is 0. The van der Waals surface area contributed by atoms with Crippen molar-refractivity contribution < 1.29 is 333 Å². The van der Waals surface area contributed by atoms with Crippen LogP contribution in [0.1, 0.15) is 63.4 Å². The second-order valence-corrected chi connectivity index (χ2v) is 42.1. The van der Waals surface area contributed by atoms with Crippen LogP contribution in [0.25, 0.3) is 32.8 Å². The molecule has 6 unspecified atom stereocenters. The molecule has 12 bridgehead atoms. The number of hydrogen-bond acceptors (Lipinski definition) is 45. The first kappa shape index (κ1) is 124. The molecule has 768 valence electrons. The fourth-order valence-corrected chi connectivity index (χ4v) is 20.8. The number of nitrogens with zero attached hydrogens (tertiary/aromatic N) is 13. The maximum Gasteiger partial charge on any atom is 0.330 e. The molecule has 1 amide bonds. The van der Waals surface area contributed by atoms with E-state index in [1.165, 1.54) is 103 Å². The summed E-state index contributed by atoms with van der Waals surface area (Å²) < 4.78 is 169. The third kappa shape index (κ3) is 25.2. The smallest absolute Gasteiger partial charge is 0.330 e. The summed E-state index contributed by atoms with van der Waals surface area (Å²) in [6, 6.07) is 1.66. The summed E-state index contributed by atoms with van der Waals surface area (Å²) in [6.07, 6.45) is -1.85. The van der Waals surface area contributed by atoms with Gasteiger partial charge in [-0.3, -0.25) is 104 Å². The first-order chi connectivity index (χ1) is 64.7. The Morgan fingerprint density at radius 3 is 1.29 bits per heavy atom. The number of aliphatic hydroxyl groups is 5. The average molecular weight is 2580 g/mol. The molecule has 0 aromatic carbocycles. The molecule has 7 aromatic heterocycles. The van der Waals surface area contributed by atoms with Crippen molar-refractivity contribution in [3.8, 4) is 0 Å². The molecular weight excluding hydrogens is 2480 g/mol. The quantitative estimate of drug-likeness (QED) is 0.0114. The Labute approximate surface area is 961 Å². The third-order valence-electron chi connectivity index (χ3n) is 25.1. The van der Waals surface area contributed by atoms with Gasteiger partial charge in [-0.25, -0.2) is 24.4 Å². The first-order valence-corrected chi connectivity index (χ1v) is 53.0. The topological polar surface area (TPSA) is 785 Å². The van der Waals surface area contributed by atoms with Gasteiger partial charge in [-0.05, 0) is 39.1 Å². The van der Waals surface area contributed by atoms with Gasteiger partial charge < -0.3 is 126 Å². The molecule has 1 saturated carbocycles. The number of imidazole rings is 2. The van der Waals surface area contributed by atoms with Gasteiger partial charge in [-0.1, -0.05) is 11.7 Å². The van der Waals surface area contributed by atoms with Gasteiger partial charge in [0.25, 0.3) is 33.7 Å². The number of amides is 1. The van der Waals surface area contributed by atoms with Gasteiger partial charge in [0.15, 0.2) is 107 Å². The van der Waals surface area contributed by atoms with Crippen LogP contribution in [0.2, 0.25) is 0 Å². The number of aliphatic hydroxyl groups excluding tert-OH is 5. The van der Waals surface area contributed by atoms with E-state index in [-0.39, 0.29) is 308 Å². The van der Waals surface area contributed by atoms with Crippen molar-refractivity contribution in [3.05, 3.63) is 167 Å². The second kappa shape index (κ2) is 50.4. The Kier molecular flexibility index (Phi) is 43.7. The van der Waals surface area contributed by atoms with E-state index in [0.29, 0.717) is 17.8 Å². The van der Waals surface area contributed by atoms with Crippen molar-refractivity contribution in [3.63, 3.8) is 0 Å². The van der Waals surface area contributed by atoms with E-state index < -0.39 is 237 Å². The largest absolute Gasteiger partial charge is 0.390 e. The van der Waals surface area contributed by atoms with E-state index in [9.17, 15) is 96.1 Å². The van der Waals surface area contributed by atoms with E-state index in [1.807, 2.05) is 0 Å². The van der Waals surface area contributed by atoms with Crippen LogP contribution in [0.3, 0.4) is 0 Å². The standard InChI is InChI=1S/C13H19N2O7P.C13H19N2O5P.C12H15N8O5P.C12H16N5O6P.C12H17N2O7P.C11H15N2O7P.6Y/c1-12(2)13(6-20-23(3)19)9(17)8(21-12)10(22-13)15-5-4-7(16)14-11(15)18;1-8-14-10(16)4-6-15(8)12-9-3-5-13(20-12,11(9)17)7-19-21(2)18;1-26(22)24-3-12-2-23-6(7(12)18-19-14)10(25-12)20-4-15-5-8(20)16-11(13)17-9(5)21;1-24(20)22-3-12-2-21-6(7(12)18)10(23-12)17-4-14-5-8(17)15-11(13)16-9(5)19;1-6-3-14(11(17)13-9(6)16)10-7-8(15)12(21-10,4-19-7)5-20-22(2)18;1-21(17)19-5-11-4-18-7(8(11)15)9(20-11)13-3-2-6(14)12-10(13)16;;;;;;/h4-5,8-10,17,23H,6H2,1-3H3,(H,14,16,18);4,6,9,11-12,17,21H,1,3,5,7H2,2H3,(H,14,16);4,6-7,10,26H,2-3H2,1H3,(H3,13,16,17,21);4,6-7,10,18,24H,2-3H2,1H3,(H3,13,15,16,19);3,7-8,10,15,22H,4-5H2,1-2H3,(H,13,16,17);2-3,7-9,15,21H,4-5H2,1H3,(H,12,14,16);;;;;;/t8-,9+,10-,13-;9-,11+,12-,13-;2*6-,7+,10-,12-;7-,8+,10-,12-;7-,8+,9-,11-;;;;;;/m111111....../s1. The molecule has 11 saturated heterocycles. The Bertz CT molecular complexity index is 6600. The van der Waals surface area contributed by atoms with Crippen LogP contribution in [0.5, 0.6) is 0 Å². The van der Waals surface area contributed by atoms with Crippen LogP contribution in [0.15, 0.2) is 112 Å². The summed E-state index contributed by atoms with van der Waals surface area (Å²) in [4.78, 5) is 136. The molecule has 20 rings (SSSR count). The molecule has 58 nitrogen and oxygen atoms in total. The molecule has 12 fully saturated rings. The van der Waals surface area contributed by atoms with Crippen LogP contribution in [0.4, 0.5) is 11.9 Å². The number of anilines is 2. The number of aromatic amines is 5. The summed E-state index contributed by atoms with van der Waals surface area (Å²) in [5.41, 5.74) is 9.15. The predicted octanol–water partition coefficient (Wildman–Crippen LogP) is -3.46. The third-order valence-corrected chi connectivity index (χ3v) is 28.4. The van der Waals surface area contributed by atoms with Gasteiger partial charge in [0.2, 0.25) is 11.9 Å². The molecular formula is C73H101N21O37P6Y6. The van der Waals surface area contributed by atoms with E-state index >= 15 is 0 Å². The average Bonchev–Trinajstić information content (AvgIpc) is 1.52. The number of ether oxygens (including phenoxy) is 11. The zero-order valence-electron chi connectivity index (χ0n) is 77.5. The van der Waals surface area contributed by atoms with Gasteiger partial charge in [-0.2, -0.15) is 9.97 Å². The molecule has 143 heavy (non-hydrogen) atoms. The SMILES string of the molecule is C=C1NC(=O)C=CN1[C@@H]1O[C@@]2(CO[PH](C)=O)CC[C@@H]1[C@@H]2O.C[PH](=O)OC[C@@]12CO[C@@H]([C@H](n3ccc(=O)[nH]c3=O)O1)[C@@H]2O.C[PH](=O)OC[C@@]12CO[C@@H]([C@H](n3cnc4c(=O)[nH]c(N)nc43)O1)[C@@H]2N=[N+]=[N-].C[PH](=O)OC[C@@]12CO[C@@H]([C@H](n3cnc4c(=O)[nH]c(N)nc43)O1)[C@@H]2O.C[PH](=O)OC[C@]12O[C@@H](n3ccc(=O)[nH]c3=O)[C@H](OC1(C)C)[C@@H]2O.Cc1cn([C@@H]2O[C@@]3(CO[PH](C)=O)CO[C@@H]2[C@@H]3O)c(=O)[nH]c1=O.[Y].[Y].[Y].[Y].[Y].[Y]. The summed E-state index contributed by atoms with van der Waals surface area (Å²) in [6.45, 7) is 17.7. The van der Waals surface area contributed by atoms with Crippen LogP contribution in [0, 0.1) is 12.8 Å². The van der Waals surface area contributed by atoms with E-state index in [0.717, 1.165) is 15.6 Å². The van der Waals surface area contributed by atoms with Crippen molar-refractivity contribution in [2.24, 2.45) is 11.0 Å². The number of aryl methyl sites for hydroxylation is 1. The molecule has 70 heteroatoms. The van der Waals surface area contributed by atoms with Gasteiger partial charge in [0, 0.05) is 296 Å². The summed E-state index contributed by atoms with van der Waals surface area (Å²) in [5, 5.41) is 58.5. The molecule has 1 aliphatic carbocycles. The normalized spacial score (nSPS) is 33.6. The van der Waals surface area contributed by atoms with Gasteiger partial charge >= 0.3 is 17.1 Å². The van der Waals surface area contributed by atoms with Crippen LogP contribution in [-0.2, 0) is 308 Å². The van der Waals surface area contributed by atoms with Crippen molar-refractivity contribution in [2.75, 3.05) is 118 Å². The molecule has 7 aromatic rings. The number of carbonyl (C=O) groups is 1. The summed E-state index contributed by atoms with van der Waals surface area (Å²) in [7, 11) is -13.1. The molecule has 6 radical (unpaired) electrons. The number of rotatable bonds is 25. The number of nitrogen functional groups attached to an aromatic ring is 2. The van der Waals surface area contributed by atoms with Gasteiger partial charge in [0.05, 0.1) is 90.4 Å². The van der Waals surface area contributed by atoms with E-state index in [1.54, 1.807) is 31.9 Å². The van der Waals surface area contributed by atoms with Crippen molar-refractivity contribution in [1.29, 1.82) is 0 Å². The van der Waals surface area contributed by atoms with E-state index in [2.05, 4.69) is 66.8 Å². The van der Waals surface area contributed by atoms with Crippen LogP contribution in [-0.4, -0.2) is 323 Å². The number of hydrogen-bond donors (Lipinski definition) is 13. The fraction of sp³-hybridized carbons (Fsp3) is 0.630. The van der Waals surface area contributed by atoms with Gasteiger partial charge in [0.1, 0.15) is 101 Å². The number of fused-ring (bicyclic) bond motifs is 14. The van der Waals surface area contributed by atoms with E-state index in [4.69, 9.17) is 96.2 Å². The number of carbonyl (C=O) groups excluding carboxylic acids is 1. The maximum absolute atomic E-state index is 12.0. The minimum absolute atomic E-state index is 0. The Balaban J connectivity index is 0.000000190. The Morgan fingerprint density at radius 2 is 0.860 bits per heavy atom. The Morgan fingerprint density at radius 1 is 0.483 bits per heavy atom. The molecule has 12 aliphatic heterocycles. The minimum Gasteiger partial charge on any atom is -0.390 e. The molecule has 13 aliphatic rings. The fourth-order valence-electron chi connectivity index (χ4n) is 18.2. The monoisotopic (exact) mass is 2580 g/mol. The number of azide groups is 1. The molecule has 19 heterocycles. The van der Waals surface area contributed by atoms with Crippen LogP contribution < -0.4 is 61.6 Å². The first-order valence-electron chi connectivity index (χ1n) is 42.1. The van der Waals surface area contributed by atoms with Crippen molar-refractivity contribution in [1.82, 2.24) is 77.9 Å². The number of H-pyrrole nitrogens is 5. The zero-order chi connectivity index (χ0) is 99.0. The number of aromatic nitrogens is 14. The van der Waals surface area contributed by atoms with Crippen molar-refractivity contribution in [2.45, 2.75) is 177 Å². The summed E-state index contributed by atoms with van der Waals surface area (Å²) in [5.74, 6) is -0.0248. The maximum atomic E-state index is 12.0. The van der Waals surface area contributed by atoms with Gasteiger partial charge in [-0.15, -0.1) is 0 Å². The minimum atomic E-state index is -2.23. The predicted molar refractivity (Wildman–Crippen MR) is 473 cm³/mol. The molecule has 15 N–H and O–H groups in total. The molecule has 30 atom stereocenters. The van der Waals surface area contributed by atoms with Crippen molar-refractivity contribution >= 4 is 88.3 Å². The van der Waals surface area contributed by atoms with Crippen LogP contribution >= 0.6 is 48.2 Å².